The average molecular weight is 598 g/mol. The molecule has 2 aromatic heterocycles. The molecule has 10 heteroatoms. The second-order valence-electron chi connectivity index (χ2n) is 12.9. The number of ether oxygens (including phenoxy) is 2. The van der Waals surface area contributed by atoms with Crippen molar-refractivity contribution in [2.45, 2.75) is 88.6 Å². The molecule has 0 aromatic carbocycles. The molecule has 1 saturated heterocycles. The Morgan fingerprint density at radius 3 is 2.98 bits per heavy atom. The van der Waals surface area contributed by atoms with Crippen molar-refractivity contribution in [3.8, 4) is 0 Å². The number of nitrogens with zero attached hydrogens (tertiary/aromatic N) is 2. The summed E-state index contributed by atoms with van der Waals surface area (Å²) in [5, 5.41) is 13.0. The number of halogens is 1. The van der Waals surface area contributed by atoms with Crippen LogP contribution in [0.3, 0.4) is 0 Å². The molecule has 9 atom stereocenters. The average Bonchev–Trinajstić information content (AvgIpc) is 3.57. The highest BCUT2D eigenvalue weighted by atomic mass is 35.5. The SMILES string of the molecule is CCCC1O[C@@H]2CC3C4CCC5=CC(=O)C=CC5(C)C4C(O)CC3(C)[C@]2(C(=O)CSc2nc3ncc(Cl)cc3[nH]2)O1. The van der Waals surface area contributed by atoms with E-state index in [1.807, 2.05) is 6.08 Å². The van der Waals surface area contributed by atoms with Gasteiger partial charge in [0.1, 0.15) is 0 Å². The van der Waals surface area contributed by atoms with E-state index in [0.29, 0.717) is 22.2 Å². The lowest BCUT2D eigenvalue weighted by atomic mass is 9.46. The molecular formula is C31H36ClN3O5S. The molecule has 0 radical (unpaired) electrons. The van der Waals surface area contributed by atoms with Crippen molar-refractivity contribution in [3.63, 3.8) is 0 Å². The molecule has 7 rings (SSSR count). The smallest absolute Gasteiger partial charge is 0.178 e. The molecule has 0 bridgehead atoms. The summed E-state index contributed by atoms with van der Waals surface area (Å²) in [6.45, 7) is 6.40. The molecule has 41 heavy (non-hydrogen) atoms. The minimum absolute atomic E-state index is 0.0148. The van der Waals surface area contributed by atoms with Crippen molar-refractivity contribution in [3.05, 3.63) is 41.1 Å². The molecule has 7 unspecified atom stereocenters. The standard InChI is InChI=1S/C31H36ClN3O5S/c1-4-5-25-39-24-12-20-19-7-6-16-10-18(36)8-9-29(16,2)26(19)22(37)13-30(20,3)31(24,40-25)23(38)15-41-28-34-21-11-17(32)14-33-27(21)35-28/h8-11,14,19-20,22,24-26,37H,4-7,12-13,15H2,1-3H3,(H,33,34,35)/t19?,20?,22?,24-,25?,26?,29?,30?,31-/m1/s1. The summed E-state index contributed by atoms with van der Waals surface area (Å²) in [7, 11) is 0. The number of hydrogen-bond acceptors (Lipinski definition) is 8. The number of aliphatic hydroxyl groups is 1. The second kappa shape index (κ2) is 9.74. The lowest BCUT2D eigenvalue weighted by Gasteiger charge is -2.59. The number of aliphatic hydroxyl groups excluding tert-OH is 1. The van der Waals surface area contributed by atoms with E-state index in [1.165, 1.54) is 11.8 Å². The fraction of sp³-hybridized carbons (Fsp3) is 0.613. The summed E-state index contributed by atoms with van der Waals surface area (Å²) in [5.41, 5.74) is 0.292. The highest BCUT2D eigenvalue weighted by molar-refractivity contribution is 7.99. The van der Waals surface area contributed by atoms with Gasteiger partial charge in [-0.3, -0.25) is 9.59 Å². The molecule has 2 N–H and O–H groups in total. The van der Waals surface area contributed by atoms with E-state index >= 15 is 0 Å². The number of carbonyl (C=O) groups excluding carboxylic acids is 2. The minimum atomic E-state index is -1.14. The molecule has 3 heterocycles. The van der Waals surface area contributed by atoms with E-state index < -0.39 is 23.4 Å². The maximum absolute atomic E-state index is 14.5. The van der Waals surface area contributed by atoms with Crippen LogP contribution in [-0.4, -0.2) is 61.5 Å². The number of nitrogens with one attached hydrogen (secondary N) is 1. The van der Waals surface area contributed by atoms with Gasteiger partial charge in [-0.05, 0) is 62.2 Å². The monoisotopic (exact) mass is 597 g/mol. The predicted molar refractivity (Wildman–Crippen MR) is 155 cm³/mol. The summed E-state index contributed by atoms with van der Waals surface area (Å²) in [6.07, 6.45) is 10.0. The predicted octanol–water partition coefficient (Wildman–Crippen LogP) is 5.44. The van der Waals surface area contributed by atoms with Crippen molar-refractivity contribution < 1.29 is 24.2 Å². The van der Waals surface area contributed by atoms with E-state index in [1.54, 1.807) is 24.4 Å². The first-order chi connectivity index (χ1) is 19.6. The molecular weight excluding hydrogens is 562 g/mol. The normalized spacial score (nSPS) is 41.1. The first kappa shape index (κ1) is 27.8. The third kappa shape index (κ3) is 3.99. The summed E-state index contributed by atoms with van der Waals surface area (Å²) in [4.78, 5) is 38.7. The third-order valence-corrected chi connectivity index (χ3v) is 11.9. The van der Waals surface area contributed by atoms with Crippen LogP contribution in [0.25, 0.3) is 11.2 Å². The van der Waals surface area contributed by atoms with E-state index in [9.17, 15) is 14.7 Å². The van der Waals surface area contributed by atoms with Crippen LogP contribution in [0, 0.1) is 28.6 Å². The van der Waals surface area contributed by atoms with Crippen LogP contribution in [-0.2, 0) is 19.1 Å². The first-order valence-electron chi connectivity index (χ1n) is 14.7. The van der Waals surface area contributed by atoms with Gasteiger partial charge in [-0.25, -0.2) is 9.97 Å². The number of Topliss-reactive ketones (excluding diaryl/α,β-unsaturated/α-hetero) is 1. The van der Waals surface area contributed by atoms with Crippen molar-refractivity contribution in [2.24, 2.45) is 28.6 Å². The zero-order valence-electron chi connectivity index (χ0n) is 23.6. The zero-order valence-corrected chi connectivity index (χ0v) is 25.1. The molecule has 218 valence electrons. The summed E-state index contributed by atoms with van der Waals surface area (Å²) in [6, 6.07) is 1.77. The fourth-order valence-corrected chi connectivity index (χ4v) is 10.1. The van der Waals surface area contributed by atoms with Gasteiger partial charge in [0.05, 0.1) is 28.5 Å². The quantitative estimate of drug-likeness (QED) is 0.423. The van der Waals surface area contributed by atoms with E-state index in [2.05, 4.69) is 35.7 Å². The maximum atomic E-state index is 14.5. The fourth-order valence-electron chi connectivity index (χ4n) is 9.17. The number of aromatic nitrogens is 3. The van der Waals surface area contributed by atoms with E-state index in [-0.39, 0.29) is 46.6 Å². The van der Waals surface area contributed by atoms with Crippen molar-refractivity contribution in [1.29, 1.82) is 0 Å². The number of H-pyrrole nitrogens is 1. The minimum Gasteiger partial charge on any atom is -0.393 e. The van der Waals surface area contributed by atoms with Gasteiger partial charge < -0.3 is 19.6 Å². The molecule has 1 aliphatic heterocycles. The molecule has 2 aromatic rings. The van der Waals surface area contributed by atoms with Crippen LogP contribution in [0.2, 0.25) is 5.02 Å². The molecule has 5 aliphatic rings. The van der Waals surface area contributed by atoms with Crippen LogP contribution in [0.4, 0.5) is 0 Å². The number of allylic oxidation sites excluding steroid dienone is 4. The van der Waals surface area contributed by atoms with Gasteiger partial charge >= 0.3 is 0 Å². The van der Waals surface area contributed by atoms with Crippen molar-refractivity contribution >= 4 is 46.1 Å². The van der Waals surface area contributed by atoms with Crippen LogP contribution in [0.1, 0.15) is 59.3 Å². The van der Waals surface area contributed by atoms with Gasteiger partial charge in [0, 0.05) is 22.9 Å². The molecule has 4 aliphatic carbocycles. The Labute approximate surface area is 248 Å². The van der Waals surface area contributed by atoms with Crippen LogP contribution < -0.4 is 0 Å². The first-order valence-corrected chi connectivity index (χ1v) is 16.1. The Kier molecular flexibility index (Phi) is 6.60. The molecule has 0 spiro atoms. The molecule has 3 saturated carbocycles. The molecule has 0 amide bonds. The number of thioether (sulfide) groups is 1. The highest BCUT2D eigenvalue weighted by Crippen LogP contribution is 2.69. The number of ketones is 2. The zero-order chi connectivity index (χ0) is 28.7. The number of carbonyl (C=O) groups is 2. The number of fused-ring (bicyclic) bond motifs is 8. The molecule has 4 fully saturated rings. The lowest BCUT2D eigenvalue weighted by molar-refractivity contribution is -0.197. The largest absolute Gasteiger partial charge is 0.393 e. The number of rotatable bonds is 6. The van der Waals surface area contributed by atoms with Crippen molar-refractivity contribution in [1.82, 2.24) is 15.0 Å². The van der Waals surface area contributed by atoms with Gasteiger partial charge in [-0.15, -0.1) is 0 Å². The topological polar surface area (TPSA) is 114 Å². The lowest BCUT2D eigenvalue weighted by Crippen LogP contribution is -2.63. The van der Waals surface area contributed by atoms with Crippen LogP contribution in [0.15, 0.2) is 41.2 Å². The highest BCUT2D eigenvalue weighted by Gasteiger charge is 2.75. The number of aromatic amines is 1. The number of hydrogen-bond donors (Lipinski definition) is 2. The third-order valence-electron chi connectivity index (χ3n) is 10.9. The Bertz CT molecular complexity index is 1490. The van der Waals surface area contributed by atoms with E-state index in [0.717, 1.165) is 43.2 Å². The Morgan fingerprint density at radius 2 is 2.17 bits per heavy atom. The van der Waals surface area contributed by atoms with Crippen LogP contribution in [0.5, 0.6) is 0 Å². The van der Waals surface area contributed by atoms with Gasteiger partial charge in [0.25, 0.3) is 0 Å². The number of imidazole rings is 1. The summed E-state index contributed by atoms with van der Waals surface area (Å²) >= 11 is 7.43. The summed E-state index contributed by atoms with van der Waals surface area (Å²) in [5.74, 6) is 0.490. The van der Waals surface area contributed by atoms with Gasteiger partial charge in [-0.1, -0.05) is 62.2 Å². The summed E-state index contributed by atoms with van der Waals surface area (Å²) < 4.78 is 13.3. The second-order valence-corrected chi connectivity index (χ2v) is 14.3. The van der Waals surface area contributed by atoms with Gasteiger partial charge in [0.2, 0.25) is 0 Å². The molecule has 8 nitrogen and oxygen atoms in total. The maximum Gasteiger partial charge on any atom is 0.178 e. The Morgan fingerprint density at radius 1 is 1.34 bits per heavy atom. The van der Waals surface area contributed by atoms with Crippen molar-refractivity contribution in [2.75, 3.05) is 5.75 Å². The van der Waals surface area contributed by atoms with Gasteiger partial charge in [0.15, 0.2) is 34.3 Å². The number of pyridine rings is 1. The Balaban J connectivity index is 1.21. The van der Waals surface area contributed by atoms with Crippen LogP contribution >= 0.6 is 23.4 Å². The van der Waals surface area contributed by atoms with E-state index in [4.69, 9.17) is 21.1 Å². The Hall–Kier alpha value is -2.04. The van der Waals surface area contributed by atoms with Gasteiger partial charge in [-0.2, -0.15) is 0 Å².